The molecule has 3 unspecified atom stereocenters. The van der Waals surface area contributed by atoms with Crippen LogP contribution in [0.15, 0.2) is 0 Å². The van der Waals surface area contributed by atoms with Crippen LogP contribution in [-0.4, -0.2) is 24.5 Å². The van der Waals surface area contributed by atoms with Gasteiger partial charge in [-0.2, -0.15) is 0 Å². The molecule has 3 atom stereocenters. The zero-order valence-corrected chi connectivity index (χ0v) is 12.3. The molecule has 102 valence electrons. The van der Waals surface area contributed by atoms with Gasteiger partial charge in [-0.1, -0.05) is 34.1 Å². The number of carbonyl (C=O) groups is 1. The maximum atomic E-state index is 11.8. The Labute approximate surface area is 107 Å². The average Bonchev–Trinajstić information content (AvgIpc) is 2.25. The summed E-state index contributed by atoms with van der Waals surface area (Å²) >= 11 is 0. The molecule has 0 aromatic carbocycles. The maximum absolute atomic E-state index is 11.8. The van der Waals surface area contributed by atoms with Gasteiger partial charge in [-0.25, -0.2) is 0 Å². The van der Waals surface area contributed by atoms with Gasteiger partial charge in [-0.05, 0) is 32.1 Å². The fraction of sp³-hybridized carbons (Fsp3) is 0.929. The second-order valence-electron chi connectivity index (χ2n) is 5.68. The molecule has 0 aromatic rings. The first-order chi connectivity index (χ1) is 7.86. The minimum Gasteiger partial charge on any atom is -0.354 e. The summed E-state index contributed by atoms with van der Waals surface area (Å²) in [5, 5.41) is 6.31. The molecule has 0 spiro atoms. The molecule has 1 amide bonds. The zero-order valence-electron chi connectivity index (χ0n) is 12.3. The fourth-order valence-corrected chi connectivity index (χ4v) is 1.80. The molecule has 17 heavy (non-hydrogen) atoms. The molecule has 0 saturated heterocycles. The van der Waals surface area contributed by atoms with Crippen molar-refractivity contribution < 1.29 is 4.79 Å². The molecule has 3 nitrogen and oxygen atoms in total. The summed E-state index contributed by atoms with van der Waals surface area (Å²) in [6.45, 7) is 13.5. The molecule has 2 N–H and O–H groups in total. The van der Waals surface area contributed by atoms with Crippen LogP contribution in [0.5, 0.6) is 0 Å². The monoisotopic (exact) mass is 242 g/mol. The van der Waals surface area contributed by atoms with Crippen molar-refractivity contribution >= 4 is 5.91 Å². The van der Waals surface area contributed by atoms with Crippen LogP contribution in [0.3, 0.4) is 0 Å². The Hall–Kier alpha value is -0.570. The fourth-order valence-electron chi connectivity index (χ4n) is 1.80. The van der Waals surface area contributed by atoms with Gasteiger partial charge in [0.2, 0.25) is 5.91 Å². The lowest BCUT2D eigenvalue weighted by Gasteiger charge is -2.22. The van der Waals surface area contributed by atoms with E-state index in [1.54, 1.807) is 0 Å². The van der Waals surface area contributed by atoms with Crippen molar-refractivity contribution in [3.63, 3.8) is 0 Å². The van der Waals surface area contributed by atoms with Crippen LogP contribution >= 0.6 is 0 Å². The summed E-state index contributed by atoms with van der Waals surface area (Å²) in [4.78, 5) is 11.8. The number of rotatable bonds is 8. The minimum atomic E-state index is -0.104. The van der Waals surface area contributed by atoms with E-state index in [0.717, 1.165) is 13.0 Å². The average molecular weight is 242 g/mol. The Balaban J connectivity index is 3.90. The second-order valence-corrected chi connectivity index (χ2v) is 5.68. The summed E-state index contributed by atoms with van der Waals surface area (Å²) in [5.74, 6) is 1.32. The van der Waals surface area contributed by atoms with Crippen LogP contribution in [-0.2, 0) is 4.79 Å². The molecule has 0 aliphatic rings. The van der Waals surface area contributed by atoms with Crippen molar-refractivity contribution in [1.29, 1.82) is 0 Å². The van der Waals surface area contributed by atoms with Crippen LogP contribution in [0.25, 0.3) is 0 Å². The summed E-state index contributed by atoms with van der Waals surface area (Å²) in [5.41, 5.74) is 0. The van der Waals surface area contributed by atoms with E-state index < -0.39 is 0 Å². The van der Waals surface area contributed by atoms with Crippen molar-refractivity contribution in [2.75, 3.05) is 6.54 Å². The Morgan fingerprint density at radius 1 is 1.12 bits per heavy atom. The summed E-state index contributed by atoms with van der Waals surface area (Å²) in [7, 11) is 0. The molecule has 0 bridgehead atoms. The highest BCUT2D eigenvalue weighted by Crippen LogP contribution is 2.09. The molecule has 0 saturated carbocycles. The van der Waals surface area contributed by atoms with Crippen LogP contribution in [0.2, 0.25) is 0 Å². The van der Waals surface area contributed by atoms with E-state index in [-0.39, 0.29) is 11.9 Å². The van der Waals surface area contributed by atoms with Crippen LogP contribution in [0.1, 0.15) is 54.4 Å². The van der Waals surface area contributed by atoms with Gasteiger partial charge in [0.05, 0.1) is 6.04 Å². The molecule has 0 radical (unpaired) electrons. The van der Waals surface area contributed by atoms with Crippen LogP contribution < -0.4 is 10.6 Å². The van der Waals surface area contributed by atoms with E-state index in [2.05, 4.69) is 45.3 Å². The highest BCUT2D eigenvalue weighted by Gasteiger charge is 2.16. The Morgan fingerprint density at radius 3 is 2.18 bits per heavy atom. The third-order valence-corrected chi connectivity index (χ3v) is 3.07. The van der Waals surface area contributed by atoms with Gasteiger partial charge in [-0.15, -0.1) is 0 Å². The number of carbonyl (C=O) groups excluding carboxylic acids is 1. The lowest BCUT2D eigenvalue weighted by atomic mass is 10.00. The van der Waals surface area contributed by atoms with E-state index in [9.17, 15) is 4.79 Å². The molecule has 0 rings (SSSR count). The summed E-state index contributed by atoms with van der Waals surface area (Å²) in [6.07, 6.45) is 2.32. The Morgan fingerprint density at radius 2 is 1.71 bits per heavy atom. The second kappa shape index (κ2) is 8.51. The highest BCUT2D eigenvalue weighted by atomic mass is 16.2. The molecule has 0 aliphatic carbocycles. The molecule has 0 aromatic heterocycles. The SMILES string of the molecule is CCC(C)CC(C)NC(C)C(=O)NCC(C)C. The number of amides is 1. The van der Waals surface area contributed by atoms with E-state index >= 15 is 0 Å². The van der Waals surface area contributed by atoms with Crippen molar-refractivity contribution in [1.82, 2.24) is 10.6 Å². The maximum Gasteiger partial charge on any atom is 0.236 e. The van der Waals surface area contributed by atoms with Gasteiger partial charge in [0.1, 0.15) is 0 Å². The third kappa shape index (κ3) is 8.19. The Bertz CT molecular complexity index is 216. The molecular formula is C14H30N2O. The number of hydrogen-bond acceptors (Lipinski definition) is 2. The standard InChI is InChI=1S/C14H30N2O/c1-7-11(4)8-12(5)16-13(6)14(17)15-9-10(2)3/h10-13,16H,7-9H2,1-6H3,(H,15,17). The lowest BCUT2D eigenvalue weighted by Crippen LogP contribution is -2.46. The quantitative estimate of drug-likeness (QED) is 0.687. The summed E-state index contributed by atoms with van der Waals surface area (Å²) in [6, 6.07) is 0.289. The van der Waals surface area contributed by atoms with E-state index in [1.807, 2.05) is 6.92 Å². The molecule has 0 aliphatic heterocycles. The predicted octanol–water partition coefficient (Wildman–Crippen LogP) is 2.56. The first kappa shape index (κ1) is 16.4. The van der Waals surface area contributed by atoms with Gasteiger partial charge in [0, 0.05) is 12.6 Å². The first-order valence-corrected chi connectivity index (χ1v) is 6.90. The first-order valence-electron chi connectivity index (χ1n) is 6.90. The molecule has 3 heteroatoms. The minimum absolute atomic E-state index is 0.104. The molecule has 0 heterocycles. The molecule has 0 fully saturated rings. The smallest absolute Gasteiger partial charge is 0.236 e. The zero-order chi connectivity index (χ0) is 13.4. The predicted molar refractivity (Wildman–Crippen MR) is 74.0 cm³/mol. The van der Waals surface area contributed by atoms with Crippen molar-refractivity contribution in [2.45, 2.75) is 66.5 Å². The van der Waals surface area contributed by atoms with Gasteiger partial charge in [-0.3, -0.25) is 4.79 Å². The van der Waals surface area contributed by atoms with Gasteiger partial charge in [0.15, 0.2) is 0 Å². The van der Waals surface area contributed by atoms with Crippen molar-refractivity contribution in [3.05, 3.63) is 0 Å². The van der Waals surface area contributed by atoms with Crippen molar-refractivity contribution in [3.8, 4) is 0 Å². The van der Waals surface area contributed by atoms with Crippen LogP contribution in [0, 0.1) is 11.8 Å². The topological polar surface area (TPSA) is 41.1 Å². The largest absolute Gasteiger partial charge is 0.354 e. The van der Waals surface area contributed by atoms with Gasteiger partial charge in [0.25, 0.3) is 0 Å². The lowest BCUT2D eigenvalue weighted by molar-refractivity contribution is -0.123. The van der Waals surface area contributed by atoms with Crippen molar-refractivity contribution in [2.24, 2.45) is 11.8 Å². The summed E-state index contributed by atoms with van der Waals surface area (Å²) < 4.78 is 0. The number of nitrogens with one attached hydrogen (secondary N) is 2. The van der Waals surface area contributed by atoms with E-state index in [1.165, 1.54) is 6.42 Å². The number of hydrogen-bond donors (Lipinski definition) is 2. The Kier molecular flexibility index (Phi) is 8.23. The van der Waals surface area contributed by atoms with Gasteiger partial charge < -0.3 is 10.6 Å². The van der Waals surface area contributed by atoms with E-state index in [0.29, 0.717) is 17.9 Å². The van der Waals surface area contributed by atoms with Gasteiger partial charge >= 0.3 is 0 Å². The van der Waals surface area contributed by atoms with Crippen LogP contribution in [0.4, 0.5) is 0 Å². The third-order valence-electron chi connectivity index (χ3n) is 3.07. The molecular weight excluding hydrogens is 212 g/mol. The van der Waals surface area contributed by atoms with E-state index in [4.69, 9.17) is 0 Å². The highest BCUT2D eigenvalue weighted by molar-refractivity contribution is 5.81. The normalized spacial score (nSPS) is 16.6.